The fourth-order valence-electron chi connectivity index (χ4n) is 4.60. The quantitative estimate of drug-likeness (QED) is 0.590. The van der Waals surface area contributed by atoms with Gasteiger partial charge < -0.3 is 10.2 Å². The highest BCUT2D eigenvalue weighted by Gasteiger charge is 2.19. The minimum absolute atomic E-state index is 0.0937. The molecule has 3 aromatic rings. The van der Waals surface area contributed by atoms with Crippen LogP contribution in [0.15, 0.2) is 36.5 Å². The normalized spacial score (nSPS) is 17.2. The number of aromatic nitrogens is 3. The predicted octanol–water partition coefficient (Wildman–Crippen LogP) is 3.93. The molecular weight excluding hydrogens is 386 g/mol. The first-order valence-corrected chi connectivity index (χ1v) is 11.4. The van der Waals surface area contributed by atoms with Crippen molar-refractivity contribution in [3.8, 4) is 0 Å². The zero-order valence-electron chi connectivity index (χ0n) is 18.9. The van der Waals surface area contributed by atoms with Crippen LogP contribution in [0.5, 0.6) is 0 Å². The second kappa shape index (κ2) is 9.60. The molecule has 6 heteroatoms. The van der Waals surface area contributed by atoms with Gasteiger partial charge in [-0.25, -0.2) is 9.50 Å². The third-order valence-electron chi connectivity index (χ3n) is 6.53. The highest BCUT2D eigenvalue weighted by Crippen LogP contribution is 2.20. The van der Waals surface area contributed by atoms with Crippen LogP contribution in [0, 0.1) is 13.8 Å². The van der Waals surface area contributed by atoms with Gasteiger partial charge in [0, 0.05) is 36.9 Å². The molecule has 1 amide bonds. The molecule has 3 heterocycles. The number of carbonyl (C=O) groups excluding carboxylic acids is 1. The zero-order chi connectivity index (χ0) is 21.8. The molecule has 1 aromatic carbocycles. The Morgan fingerprint density at radius 2 is 2.00 bits per heavy atom. The van der Waals surface area contributed by atoms with E-state index in [0.29, 0.717) is 23.8 Å². The number of hydrogen-bond acceptors (Lipinski definition) is 4. The van der Waals surface area contributed by atoms with Crippen LogP contribution in [0.4, 0.5) is 0 Å². The molecule has 1 saturated heterocycles. The minimum Gasteiger partial charge on any atom is -0.352 e. The first-order chi connectivity index (χ1) is 15.0. The lowest BCUT2D eigenvalue weighted by atomic mass is 10.0. The first-order valence-electron chi connectivity index (χ1n) is 11.4. The van der Waals surface area contributed by atoms with Crippen molar-refractivity contribution in [3.05, 3.63) is 64.6 Å². The van der Waals surface area contributed by atoms with E-state index in [1.54, 1.807) is 10.7 Å². The van der Waals surface area contributed by atoms with E-state index in [1.165, 1.54) is 31.4 Å². The van der Waals surface area contributed by atoms with E-state index in [0.717, 1.165) is 36.3 Å². The number of piperidine rings is 1. The second-order valence-electron chi connectivity index (χ2n) is 8.71. The van der Waals surface area contributed by atoms with E-state index >= 15 is 0 Å². The van der Waals surface area contributed by atoms with Crippen molar-refractivity contribution in [2.45, 2.75) is 58.9 Å². The van der Waals surface area contributed by atoms with Crippen molar-refractivity contribution in [2.24, 2.45) is 0 Å². The molecule has 1 N–H and O–H groups in total. The Balaban J connectivity index is 1.43. The molecule has 0 spiro atoms. The molecule has 0 aliphatic carbocycles. The van der Waals surface area contributed by atoms with Gasteiger partial charge in [-0.3, -0.25) is 4.79 Å². The van der Waals surface area contributed by atoms with Gasteiger partial charge >= 0.3 is 0 Å². The number of rotatable bonds is 7. The monoisotopic (exact) mass is 419 g/mol. The van der Waals surface area contributed by atoms with E-state index in [-0.39, 0.29) is 5.91 Å². The molecular formula is C25H33N5O. The van der Waals surface area contributed by atoms with Crippen molar-refractivity contribution < 1.29 is 4.79 Å². The lowest BCUT2D eigenvalue weighted by Crippen LogP contribution is -2.39. The van der Waals surface area contributed by atoms with Crippen molar-refractivity contribution >= 4 is 11.6 Å². The summed E-state index contributed by atoms with van der Waals surface area (Å²) < 4.78 is 1.80. The Hall–Kier alpha value is -2.73. The van der Waals surface area contributed by atoms with Gasteiger partial charge in [0.05, 0.1) is 6.20 Å². The fraction of sp³-hybridized carbons (Fsp3) is 0.480. The third kappa shape index (κ3) is 4.79. The maximum atomic E-state index is 12.8. The summed E-state index contributed by atoms with van der Waals surface area (Å²) in [4.78, 5) is 20.1. The van der Waals surface area contributed by atoms with Crippen LogP contribution in [0.3, 0.4) is 0 Å². The smallest absolute Gasteiger partial charge is 0.256 e. The zero-order valence-corrected chi connectivity index (χ0v) is 18.9. The van der Waals surface area contributed by atoms with Gasteiger partial charge in [-0.05, 0) is 57.7 Å². The van der Waals surface area contributed by atoms with E-state index < -0.39 is 0 Å². The van der Waals surface area contributed by atoms with Gasteiger partial charge in [-0.2, -0.15) is 5.10 Å². The van der Waals surface area contributed by atoms with Gasteiger partial charge in [0.2, 0.25) is 0 Å². The highest BCUT2D eigenvalue weighted by atomic mass is 16.1. The minimum atomic E-state index is -0.0937. The number of hydrogen-bond donors (Lipinski definition) is 1. The Labute approximate surface area is 184 Å². The highest BCUT2D eigenvalue weighted by molar-refractivity contribution is 5.99. The lowest BCUT2D eigenvalue weighted by Gasteiger charge is -2.33. The molecule has 31 heavy (non-hydrogen) atoms. The fourth-order valence-corrected chi connectivity index (χ4v) is 4.60. The van der Waals surface area contributed by atoms with Gasteiger partial charge in [0.25, 0.3) is 5.91 Å². The second-order valence-corrected chi connectivity index (χ2v) is 8.71. The SMILES string of the molecule is Cc1nc2c(C(=O)NCCCN3CCCC[C@@H]3C)cnn2c(C)c1Cc1ccccc1. The molecule has 0 unspecified atom stereocenters. The Kier molecular flexibility index (Phi) is 6.66. The Bertz CT molecular complexity index is 1040. The van der Waals surface area contributed by atoms with Gasteiger partial charge in [0.1, 0.15) is 5.56 Å². The summed E-state index contributed by atoms with van der Waals surface area (Å²) >= 11 is 0. The Morgan fingerprint density at radius 3 is 2.77 bits per heavy atom. The molecule has 2 aromatic heterocycles. The number of likely N-dealkylation sites (tertiary alicyclic amines) is 1. The standard InChI is InChI=1S/C25H33N5O/c1-18-10-7-8-14-29(18)15-9-13-26-25(31)23-17-27-30-20(3)22(19(2)28-24(23)30)16-21-11-5-4-6-12-21/h4-6,11-12,17-18H,7-10,13-16H2,1-3H3,(H,26,31)/t18-/m0/s1. The van der Waals surface area contributed by atoms with Crippen LogP contribution in [0.2, 0.25) is 0 Å². The van der Waals surface area contributed by atoms with Crippen LogP contribution >= 0.6 is 0 Å². The van der Waals surface area contributed by atoms with E-state index in [1.807, 2.05) is 25.1 Å². The number of aryl methyl sites for hydroxylation is 2. The number of fused-ring (bicyclic) bond motifs is 1. The molecule has 0 saturated carbocycles. The summed E-state index contributed by atoms with van der Waals surface area (Å²) in [6.07, 6.45) is 7.31. The maximum Gasteiger partial charge on any atom is 0.256 e. The van der Waals surface area contributed by atoms with Gasteiger partial charge in [0.15, 0.2) is 5.65 Å². The maximum absolute atomic E-state index is 12.8. The van der Waals surface area contributed by atoms with Gasteiger partial charge in [-0.1, -0.05) is 36.8 Å². The molecule has 164 valence electrons. The summed E-state index contributed by atoms with van der Waals surface area (Å²) in [5.41, 5.74) is 5.55. The summed E-state index contributed by atoms with van der Waals surface area (Å²) in [5.74, 6) is -0.0937. The molecule has 4 rings (SSSR count). The van der Waals surface area contributed by atoms with E-state index in [9.17, 15) is 4.79 Å². The molecule has 1 aliphatic heterocycles. The van der Waals surface area contributed by atoms with Crippen molar-refractivity contribution in [3.63, 3.8) is 0 Å². The topological polar surface area (TPSA) is 62.5 Å². The molecule has 0 radical (unpaired) electrons. The van der Waals surface area contributed by atoms with Crippen LogP contribution in [0.1, 0.15) is 65.5 Å². The van der Waals surface area contributed by atoms with Crippen LogP contribution in [0.25, 0.3) is 5.65 Å². The number of nitrogens with one attached hydrogen (secondary N) is 1. The number of amides is 1. The molecule has 1 fully saturated rings. The average Bonchev–Trinajstić information content (AvgIpc) is 3.20. The summed E-state index contributed by atoms with van der Waals surface area (Å²) in [5, 5.41) is 7.55. The van der Waals surface area contributed by atoms with Crippen LogP contribution < -0.4 is 5.32 Å². The van der Waals surface area contributed by atoms with Crippen LogP contribution in [-0.2, 0) is 6.42 Å². The lowest BCUT2D eigenvalue weighted by molar-refractivity contribution is 0.0950. The Morgan fingerprint density at radius 1 is 1.19 bits per heavy atom. The van der Waals surface area contributed by atoms with Gasteiger partial charge in [-0.15, -0.1) is 0 Å². The molecule has 1 aliphatic rings. The number of benzene rings is 1. The van der Waals surface area contributed by atoms with Crippen LogP contribution in [-0.4, -0.2) is 51.1 Å². The third-order valence-corrected chi connectivity index (χ3v) is 6.53. The van der Waals surface area contributed by atoms with Crippen molar-refractivity contribution in [2.75, 3.05) is 19.6 Å². The predicted molar refractivity (Wildman–Crippen MR) is 124 cm³/mol. The van der Waals surface area contributed by atoms with Crippen molar-refractivity contribution in [1.82, 2.24) is 24.8 Å². The number of carbonyl (C=O) groups is 1. The molecule has 6 nitrogen and oxygen atoms in total. The average molecular weight is 420 g/mol. The first kappa shape index (κ1) is 21.5. The summed E-state index contributed by atoms with van der Waals surface area (Å²) in [7, 11) is 0. The van der Waals surface area contributed by atoms with E-state index in [4.69, 9.17) is 4.98 Å². The van der Waals surface area contributed by atoms with Crippen molar-refractivity contribution in [1.29, 1.82) is 0 Å². The van der Waals surface area contributed by atoms with E-state index in [2.05, 4.69) is 41.3 Å². The molecule has 1 atom stereocenters. The summed E-state index contributed by atoms with van der Waals surface area (Å²) in [6, 6.07) is 11.0. The summed E-state index contributed by atoms with van der Waals surface area (Å²) in [6.45, 7) is 9.25. The molecule has 0 bridgehead atoms. The largest absolute Gasteiger partial charge is 0.352 e. The number of nitrogens with zero attached hydrogens (tertiary/aromatic N) is 4.